The van der Waals surface area contributed by atoms with Gasteiger partial charge in [-0.05, 0) is 12.3 Å². The van der Waals surface area contributed by atoms with Gasteiger partial charge in [-0.25, -0.2) is 0 Å². The van der Waals surface area contributed by atoms with Crippen LogP contribution in [0.4, 0.5) is 0 Å². The van der Waals surface area contributed by atoms with Gasteiger partial charge >= 0.3 is 0 Å². The Morgan fingerprint density at radius 1 is 1.17 bits per heavy atom. The molecule has 0 aliphatic rings. The lowest BCUT2D eigenvalue weighted by Gasteiger charge is -2.14. The second-order valence-corrected chi connectivity index (χ2v) is 6.98. The predicted octanol–water partition coefficient (Wildman–Crippen LogP) is 5.38. The number of carbonyl (C=O) groups is 2. The van der Waals surface area contributed by atoms with Crippen molar-refractivity contribution in [3.63, 3.8) is 0 Å². The molecule has 1 unspecified atom stereocenters. The topological polar surface area (TPSA) is 59.3 Å². The first kappa shape index (κ1) is 20.5. The van der Waals surface area contributed by atoms with Crippen molar-refractivity contribution in [1.29, 1.82) is 0 Å². The molecule has 24 heavy (non-hydrogen) atoms. The minimum absolute atomic E-state index is 0.184. The Kier molecular flexibility index (Phi) is 9.43. The number of rotatable bonds is 13. The van der Waals surface area contributed by atoms with Gasteiger partial charge in [0.15, 0.2) is 17.8 Å². The fraction of sp³-hybridized carbons (Fsp3) is 0.700. The summed E-state index contributed by atoms with van der Waals surface area (Å²) >= 11 is 0. The third kappa shape index (κ3) is 6.50. The molecule has 0 spiro atoms. The first-order valence-electron chi connectivity index (χ1n) is 9.39. The molecule has 1 N–H and O–H groups in total. The smallest absolute Gasteiger partial charge is 0.179 e. The number of Topliss-reactive ketones (excluding diaryl/α,β-unsaturated/α-hetero) is 1. The maximum Gasteiger partial charge on any atom is 0.179 e. The Morgan fingerprint density at radius 2 is 1.75 bits per heavy atom. The largest absolute Gasteiger partial charge is 0.505 e. The number of aldehydes is 1. The van der Waals surface area contributed by atoms with Crippen LogP contribution in [-0.2, 0) is 6.54 Å². The summed E-state index contributed by atoms with van der Waals surface area (Å²) in [5, 5.41) is 9.95. The number of unbranched alkanes of at least 4 members (excludes halogenated alkanes) is 7. The van der Waals surface area contributed by atoms with Crippen molar-refractivity contribution in [2.75, 3.05) is 0 Å². The summed E-state index contributed by atoms with van der Waals surface area (Å²) in [4.78, 5) is 22.7. The number of ketones is 1. The summed E-state index contributed by atoms with van der Waals surface area (Å²) in [6, 6.07) is 0. The summed E-state index contributed by atoms with van der Waals surface area (Å²) in [5.74, 6) is 0.0196. The summed E-state index contributed by atoms with van der Waals surface area (Å²) in [7, 11) is 0. The Hall–Kier alpha value is -1.58. The van der Waals surface area contributed by atoms with E-state index in [4.69, 9.17) is 0 Å². The van der Waals surface area contributed by atoms with Gasteiger partial charge in [0.05, 0.1) is 5.56 Å². The van der Waals surface area contributed by atoms with Crippen molar-refractivity contribution >= 4 is 12.1 Å². The third-order valence-electron chi connectivity index (χ3n) is 4.60. The standard InChI is InChI=1S/C20H33NO3/c1-4-5-6-7-8-9-10-11-12-16(2)13-21-14-18(15-22)20(24)19(21)17(3)23/h14-16,24H,4-13H2,1-3H3. The van der Waals surface area contributed by atoms with Crippen molar-refractivity contribution in [2.24, 2.45) is 5.92 Å². The Bertz CT molecular complexity index is 519. The molecule has 0 aromatic carbocycles. The Balaban J connectivity index is 2.36. The summed E-state index contributed by atoms with van der Waals surface area (Å²) < 4.78 is 1.73. The summed E-state index contributed by atoms with van der Waals surface area (Å²) in [5.41, 5.74) is 0.444. The second-order valence-electron chi connectivity index (χ2n) is 6.98. The van der Waals surface area contributed by atoms with Crippen LogP contribution in [-0.4, -0.2) is 21.7 Å². The van der Waals surface area contributed by atoms with E-state index in [0.717, 1.165) is 6.42 Å². The zero-order valence-corrected chi connectivity index (χ0v) is 15.5. The van der Waals surface area contributed by atoms with Gasteiger partial charge in [0.25, 0.3) is 0 Å². The quantitative estimate of drug-likeness (QED) is 0.299. The van der Waals surface area contributed by atoms with E-state index in [9.17, 15) is 14.7 Å². The molecule has 0 fully saturated rings. The number of carbonyl (C=O) groups excluding carboxylic acids is 2. The van der Waals surface area contributed by atoms with E-state index < -0.39 is 0 Å². The molecule has 0 bridgehead atoms. The van der Waals surface area contributed by atoms with Gasteiger partial charge in [-0.15, -0.1) is 0 Å². The zero-order chi connectivity index (χ0) is 17.9. The van der Waals surface area contributed by atoms with Crippen LogP contribution in [0.25, 0.3) is 0 Å². The Labute approximate surface area is 146 Å². The van der Waals surface area contributed by atoms with Crippen LogP contribution in [0.5, 0.6) is 5.75 Å². The maximum absolute atomic E-state index is 11.7. The molecule has 0 amide bonds. The van der Waals surface area contributed by atoms with Crippen LogP contribution in [0.3, 0.4) is 0 Å². The van der Waals surface area contributed by atoms with Crippen LogP contribution in [0, 0.1) is 5.92 Å². The van der Waals surface area contributed by atoms with Crippen molar-refractivity contribution in [3.8, 4) is 5.75 Å². The van der Waals surface area contributed by atoms with Crippen molar-refractivity contribution < 1.29 is 14.7 Å². The van der Waals surface area contributed by atoms with Gasteiger partial charge in [0.2, 0.25) is 0 Å². The van der Waals surface area contributed by atoms with Crippen LogP contribution >= 0.6 is 0 Å². The van der Waals surface area contributed by atoms with E-state index in [1.54, 1.807) is 10.8 Å². The normalized spacial score (nSPS) is 12.3. The minimum Gasteiger partial charge on any atom is -0.505 e. The van der Waals surface area contributed by atoms with Gasteiger partial charge in [0.1, 0.15) is 5.69 Å². The molecule has 0 aliphatic carbocycles. The molecular weight excluding hydrogens is 302 g/mol. The van der Waals surface area contributed by atoms with E-state index in [1.807, 2.05) is 0 Å². The summed E-state index contributed by atoms with van der Waals surface area (Å²) in [6.45, 7) is 6.47. The van der Waals surface area contributed by atoms with Gasteiger partial charge in [-0.1, -0.05) is 65.2 Å². The van der Waals surface area contributed by atoms with Crippen molar-refractivity contribution in [2.45, 2.75) is 85.1 Å². The van der Waals surface area contributed by atoms with Gasteiger partial charge in [0, 0.05) is 19.7 Å². The van der Waals surface area contributed by atoms with Crippen molar-refractivity contribution in [1.82, 2.24) is 4.57 Å². The number of hydrogen-bond acceptors (Lipinski definition) is 3. The molecule has 4 heteroatoms. The third-order valence-corrected chi connectivity index (χ3v) is 4.60. The molecule has 1 aromatic heterocycles. The molecule has 0 saturated heterocycles. The van der Waals surface area contributed by atoms with Gasteiger partial charge in [-0.3, -0.25) is 9.59 Å². The molecule has 4 nitrogen and oxygen atoms in total. The highest BCUT2D eigenvalue weighted by molar-refractivity contribution is 5.98. The number of aromatic hydroxyl groups is 1. The average Bonchev–Trinajstić information content (AvgIpc) is 2.85. The molecule has 0 aliphatic heterocycles. The highest BCUT2D eigenvalue weighted by Crippen LogP contribution is 2.26. The van der Waals surface area contributed by atoms with Gasteiger partial charge < -0.3 is 9.67 Å². The van der Waals surface area contributed by atoms with E-state index in [2.05, 4.69) is 13.8 Å². The first-order valence-corrected chi connectivity index (χ1v) is 9.39. The molecule has 136 valence electrons. The molecule has 1 atom stereocenters. The van der Waals surface area contributed by atoms with E-state index >= 15 is 0 Å². The van der Waals surface area contributed by atoms with E-state index in [1.165, 1.54) is 58.3 Å². The van der Waals surface area contributed by atoms with Crippen LogP contribution in [0.2, 0.25) is 0 Å². The Morgan fingerprint density at radius 3 is 2.29 bits per heavy atom. The van der Waals surface area contributed by atoms with E-state index in [0.29, 0.717) is 18.7 Å². The van der Waals surface area contributed by atoms with Crippen LogP contribution in [0.15, 0.2) is 6.20 Å². The SMILES string of the molecule is CCCCCCCCCCC(C)Cn1cc(C=O)c(O)c1C(C)=O. The monoisotopic (exact) mass is 335 g/mol. The fourth-order valence-corrected chi connectivity index (χ4v) is 3.22. The van der Waals surface area contributed by atoms with Crippen LogP contribution < -0.4 is 0 Å². The molecule has 1 heterocycles. The number of aromatic nitrogens is 1. The lowest BCUT2D eigenvalue weighted by molar-refractivity contribution is 0.100. The van der Waals surface area contributed by atoms with Crippen LogP contribution in [0.1, 0.15) is 99.4 Å². The van der Waals surface area contributed by atoms with Gasteiger partial charge in [-0.2, -0.15) is 0 Å². The average molecular weight is 335 g/mol. The lowest BCUT2D eigenvalue weighted by atomic mass is 10.0. The molecular formula is C20H33NO3. The second kappa shape index (κ2) is 11.1. The fourth-order valence-electron chi connectivity index (χ4n) is 3.22. The molecule has 0 radical (unpaired) electrons. The van der Waals surface area contributed by atoms with E-state index in [-0.39, 0.29) is 22.8 Å². The maximum atomic E-state index is 11.7. The molecule has 1 aromatic rings. The first-order chi connectivity index (χ1) is 11.5. The number of hydrogen-bond donors (Lipinski definition) is 1. The summed E-state index contributed by atoms with van der Waals surface area (Å²) in [6.07, 6.45) is 13.7. The zero-order valence-electron chi connectivity index (χ0n) is 15.5. The molecule has 0 saturated carbocycles. The minimum atomic E-state index is -0.208. The van der Waals surface area contributed by atoms with Crippen molar-refractivity contribution in [3.05, 3.63) is 17.5 Å². The number of nitrogens with zero attached hydrogens (tertiary/aromatic N) is 1. The molecule has 1 rings (SSSR count). The highest BCUT2D eigenvalue weighted by atomic mass is 16.3. The lowest BCUT2D eigenvalue weighted by Crippen LogP contribution is -2.12. The predicted molar refractivity (Wildman–Crippen MR) is 97.9 cm³/mol. The highest BCUT2D eigenvalue weighted by Gasteiger charge is 2.19.